The molecule has 0 N–H and O–H groups in total. The first-order chi connectivity index (χ1) is 16.4. The lowest BCUT2D eigenvalue weighted by molar-refractivity contribution is -0.190. The Morgan fingerprint density at radius 3 is 1.85 bits per heavy atom. The smallest absolute Gasteiger partial charge is 0.201 e. The molecule has 0 spiro atoms. The summed E-state index contributed by atoms with van der Waals surface area (Å²) >= 11 is 0. The van der Waals surface area contributed by atoms with Gasteiger partial charge in [0.1, 0.15) is 0 Å². The SMILES string of the molecule is CCCC1OCC(c2ccc(-c3ccc(-c4ccc(OCC)c(F)c4F)cc3)c(F)c2F)CO1. The summed E-state index contributed by atoms with van der Waals surface area (Å²) in [5.74, 6) is -4.56. The molecule has 3 aromatic carbocycles. The van der Waals surface area contributed by atoms with E-state index in [0.29, 0.717) is 11.1 Å². The molecule has 1 aliphatic rings. The minimum Gasteiger partial charge on any atom is -0.491 e. The van der Waals surface area contributed by atoms with Gasteiger partial charge in [0, 0.05) is 17.0 Å². The van der Waals surface area contributed by atoms with Crippen LogP contribution in [0.15, 0.2) is 48.5 Å². The lowest BCUT2D eigenvalue weighted by Gasteiger charge is -2.29. The minimum atomic E-state index is -1.07. The first kappa shape index (κ1) is 24.2. The zero-order valence-corrected chi connectivity index (χ0v) is 19.0. The van der Waals surface area contributed by atoms with Gasteiger partial charge in [-0.15, -0.1) is 0 Å². The van der Waals surface area contributed by atoms with E-state index in [1.165, 1.54) is 30.3 Å². The molecule has 180 valence electrons. The number of halogens is 4. The minimum absolute atomic E-state index is 0.0492. The van der Waals surface area contributed by atoms with Gasteiger partial charge in [-0.25, -0.2) is 13.2 Å². The van der Waals surface area contributed by atoms with Gasteiger partial charge in [0.25, 0.3) is 0 Å². The van der Waals surface area contributed by atoms with Crippen molar-refractivity contribution in [2.24, 2.45) is 0 Å². The van der Waals surface area contributed by atoms with Crippen molar-refractivity contribution in [1.82, 2.24) is 0 Å². The normalized spacial score (nSPS) is 18.2. The standard InChI is InChI=1S/C27H26F4O3/c1-3-5-23-33-14-18(15-34-23)21-11-10-19(24(28)25(21)29)16-6-8-17(9-7-16)20-12-13-22(32-4-2)27(31)26(20)30/h6-13,18,23H,3-5,14-15H2,1-2H3. The molecule has 1 fully saturated rings. The maximum atomic E-state index is 15.0. The van der Waals surface area contributed by atoms with E-state index in [4.69, 9.17) is 14.2 Å². The van der Waals surface area contributed by atoms with Crippen molar-refractivity contribution in [1.29, 1.82) is 0 Å². The molecule has 1 aliphatic heterocycles. The molecule has 7 heteroatoms. The number of hydrogen-bond donors (Lipinski definition) is 0. The Hall–Kier alpha value is -2.90. The highest BCUT2D eigenvalue weighted by molar-refractivity contribution is 5.71. The molecule has 1 saturated heterocycles. The van der Waals surface area contributed by atoms with Crippen molar-refractivity contribution in [2.45, 2.75) is 38.9 Å². The van der Waals surface area contributed by atoms with E-state index in [-0.39, 0.29) is 48.6 Å². The van der Waals surface area contributed by atoms with Crippen LogP contribution >= 0.6 is 0 Å². The molecule has 0 bridgehead atoms. The first-order valence-electron chi connectivity index (χ1n) is 11.4. The highest BCUT2D eigenvalue weighted by Crippen LogP contribution is 2.34. The summed E-state index contributed by atoms with van der Waals surface area (Å²) in [4.78, 5) is 0. The predicted octanol–water partition coefficient (Wildman–Crippen LogP) is 7.23. The zero-order valence-electron chi connectivity index (χ0n) is 19.0. The Labute approximate surface area is 196 Å². The molecule has 4 rings (SSSR count). The molecule has 0 saturated carbocycles. The van der Waals surface area contributed by atoms with Crippen molar-refractivity contribution in [2.75, 3.05) is 19.8 Å². The highest BCUT2D eigenvalue weighted by atomic mass is 19.2. The van der Waals surface area contributed by atoms with Crippen LogP contribution in [-0.2, 0) is 9.47 Å². The Morgan fingerprint density at radius 2 is 1.29 bits per heavy atom. The molecule has 34 heavy (non-hydrogen) atoms. The van der Waals surface area contributed by atoms with Crippen LogP contribution < -0.4 is 4.74 Å². The quantitative estimate of drug-likeness (QED) is 0.338. The van der Waals surface area contributed by atoms with Crippen LogP contribution in [0.2, 0.25) is 0 Å². The van der Waals surface area contributed by atoms with E-state index in [1.807, 2.05) is 6.92 Å². The van der Waals surface area contributed by atoms with E-state index < -0.39 is 29.2 Å². The van der Waals surface area contributed by atoms with Crippen LogP contribution in [0.25, 0.3) is 22.3 Å². The van der Waals surface area contributed by atoms with Crippen LogP contribution in [0, 0.1) is 23.3 Å². The van der Waals surface area contributed by atoms with Gasteiger partial charge in [0.05, 0.1) is 19.8 Å². The van der Waals surface area contributed by atoms with Crippen LogP contribution in [-0.4, -0.2) is 26.1 Å². The number of rotatable bonds is 7. The fraction of sp³-hybridized carbons (Fsp3) is 0.333. The van der Waals surface area contributed by atoms with E-state index >= 15 is 0 Å². The van der Waals surface area contributed by atoms with Crippen LogP contribution in [0.4, 0.5) is 17.6 Å². The average Bonchev–Trinajstić information content (AvgIpc) is 2.85. The summed E-state index contributed by atoms with van der Waals surface area (Å²) in [6.45, 7) is 4.44. The van der Waals surface area contributed by atoms with Crippen LogP contribution in [0.5, 0.6) is 5.75 Å². The van der Waals surface area contributed by atoms with E-state index in [9.17, 15) is 17.6 Å². The average molecular weight is 474 g/mol. The molecule has 0 atom stereocenters. The molecule has 3 aromatic rings. The summed E-state index contributed by atoms with van der Waals surface area (Å²) in [6.07, 6.45) is 1.36. The zero-order chi connectivity index (χ0) is 24.2. The molecule has 0 aliphatic carbocycles. The Kier molecular flexibility index (Phi) is 7.54. The highest BCUT2D eigenvalue weighted by Gasteiger charge is 2.27. The van der Waals surface area contributed by atoms with E-state index in [0.717, 1.165) is 12.8 Å². The first-order valence-corrected chi connectivity index (χ1v) is 11.4. The molecule has 0 unspecified atom stereocenters. The van der Waals surface area contributed by atoms with Crippen molar-refractivity contribution in [3.05, 3.63) is 77.4 Å². The second-order valence-electron chi connectivity index (χ2n) is 8.16. The predicted molar refractivity (Wildman–Crippen MR) is 122 cm³/mol. The summed E-state index contributed by atoms with van der Waals surface area (Å²) in [7, 11) is 0. The van der Waals surface area contributed by atoms with Gasteiger partial charge in [-0.3, -0.25) is 0 Å². The van der Waals surface area contributed by atoms with Crippen LogP contribution in [0.1, 0.15) is 38.2 Å². The molecule has 0 amide bonds. The Morgan fingerprint density at radius 1 is 0.735 bits per heavy atom. The third-order valence-electron chi connectivity index (χ3n) is 5.90. The van der Waals surface area contributed by atoms with Gasteiger partial charge >= 0.3 is 0 Å². The Bertz CT molecular complexity index is 1140. The summed E-state index contributed by atoms with van der Waals surface area (Å²) < 4.78 is 74.9. The fourth-order valence-electron chi connectivity index (χ4n) is 4.08. The fourth-order valence-corrected chi connectivity index (χ4v) is 4.08. The molecule has 3 nitrogen and oxygen atoms in total. The number of benzene rings is 3. The second-order valence-corrected chi connectivity index (χ2v) is 8.16. The van der Waals surface area contributed by atoms with Gasteiger partial charge < -0.3 is 14.2 Å². The van der Waals surface area contributed by atoms with E-state index in [1.54, 1.807) is 25.1 Å². The van der Waals surface area contributed by atoms with Crippen molar-refractivity contribution in [3.8, 4) is 28.0 Å². The third kappa shape index (κ3) is 4.81. The molecule has 0 aromatic heterocycles. The topological polar surface area (TPSA) is 27.7 Å². The van der Waals surface area contributed by atoms with Crippen molar-refractivity contribution in [3.63, 3.8) is 0 Å². The lowest BCUT2D eigenvalue weighted by Crippen LogP contribution is -2.31. The van der Waals surface area contributed by atoms with Gasteiger partial charge in [0.2, 0.25) is 5.82 Å². The maximum Gasteiger partial charge on any atom is 0.201 e. The van der Waals surface area contributed by atoms with Gasteiger partial charge in [-0.1, -0.05) is 49.7 Å². The summed E-state index contributed by atoms with van der Waals surface area (Å²) in [5.41, 5.74) is 1.15. The number of ether oxygens (including phenoxy) is 3. The second kappa shape index (κ2) is 10.6. The summed E-state index contributed by atoms with van der Waals surface area (Å²) in [6, 6.07) is 12.0. The molecule has 1 heterocycles. The Balaban J connectivity index is 1.56. The van der Waals surface area contributed by atoms with Gasteiger partial charge in [0.15, 0.2) is 29.5 Å². The van der Waals surface area contributed by atoms with E-state index in [2.05, 4.69) is 0 Å². The molecular formula is C27H26F4O3. The molecular weight excluding hydrogens is 448 g/mol. The lowest BCUT2D eigenvalue weighted by atomic mass is 9.94. The van der Waals surface area contributed by atoms with Crippen molar-refractivity contribution < 1.29 is 31.8 Å². The third-order valence-corrected chi connectivity index (χ3v) is 5.90. The largest absolute Gasteiger partial charge is 0.491 e. The monoisotopic (exact) mass is 474 g/mol. The van der Waals surface area contributed by atoms with Gasteiger partial charge in [-0.2, -0.15) is 4.39 Å². The van der Waals surface area contributed by atoms with Crippen LogP contribution in [0.3, 0.4) is 0 Å². The van der Waals surface area contributed by atoms with Gasteiger partial charge in [-0.05, 0) is 42.2 Å². The molecule has 0 radical (unpaired) electrons. The number of hydrogen-bond acceptors (Lipinski definition) is 3. The van der Waals surface area contributed by atoms with Crippen molar-refractivity contribution >= 4 is 0 Å². The summed E-state index contributed by atoms with van der Waals surface area (Å²) in [5, 5.41) is 0. The maximum absolute atomic E-state index is 15.0.